The van der Waals surface area contributed by atoms with Gasteiger partial charge in [-0.15, -0.1) is 0 Å². The van der Waals surface area contributed by atoms with Gasteiger partial charge >= 0.3 is 0 Å². The van der Waals surface area contributed by atoms with Crippen LogP contribution in [0.1, 0.15) is 22.5 Å². The minimum absolute atomic E-state index is 0.0980. The number of nitrogen functional groups attached to an aromatic ring is 1. The molecule has 0 saturated heterocycles. The van der Waals surface area contributed by atoms with E-state index in [-0.39, 0.29) is 30.0 Å². The van der Waals surface area contributed by atoms with E-state index in [1.54, 1.807) is 13.0 Å². The van der Waals surface area contributed by atoms with Crippen LogP contribution in [0.2, 0.25) is 5.15 Å². The number of rotatable bonds is 7. The van der Waals surface area contributed by atoms with Crippen molar-refractivity contribution in [3.05, 3.63) is 80.5 Å². The summed E-state index contributed by atoms with van der Waals surface area (Å²) in [7, 11) is 0. The predicted molar refractivity (Wildman–Crippen MR) is 117 cm³/mol. The van der Waals surface area contributed by atoms with Crippen LogP contribution in [0.15, 0.2) is 47.3 Å². The van der Waals surface area contributed by atoms with E-state index >= 15 is 0 Å². The Kier molecular flexibility index (Phi) is 6.68. The molecule has 0 aliphatic carbocycles. The van der Waals surface area contributed by atoms with Gasteiger partial charge in [-0.3, -0.25) is 14.2 Å². The maximum Gasteiger partial charge on any atom is 0.294 e. The first-order chi connectivity index (χ1) is 14.3. The summed E-state index contributed by atoms with van der Waals surface area (Å²) in [6, 6.07) is 13.1. The number of pyridine rings is 1. The summed E-state index contributed by atoms with van der Waals surface area (Å²) in [4.78, 5) is 33.6. The standard InChI is InChI=1S/C21H23ClN6O2/c1-13-16(8-9-17(23)26-13)11-24-18(29)12-28-14(2)19(22)27-20(21(28)30)25-10-15-6-4-3-5-7-15/h3-9H,10-12H2,1-2H3,(H2,23,26)(H,24,29)(H,25,27). The van der Waals surface area contributed by atoms with Crippen molar-refractivity contribution in [2.24, 2.45) is 0 Å². The van der Waals surface area contributed by atoms with Gasteiger partial charge in [0, 0.05) is 18.8 Å². The van der Waals surface area contributed by atoms with Gasteiger partial charge in [-0.1, -0.05) is 48.0 Å². The lowest BCUT2D eigenvalue weighted by atomic mass is 10.2. The molecule has 2 heterocycles. The molecule has 156 valence electrons. The zero-order valence-electron chi connectivity index (χ0n) is 16.8. The SMILES string of the molecule is Cc1nc(N)ccc1CNC(=O)Cn1c(C)c(Cl)nc(NCc2ccccc2)c1=O. The third-order valence-corrected chi connectivity index (χ3v) is 5.02. The molecule has 0 spiro atoms. The molecule has 1 amide bonds. The van der Waals surface area contributed by atoms with Gasteiger partial charge in [-0.05, 0) is 31.0 Å². The fourth-order valence-electron chi connectivity index (χ4n) is 2.90. The van der Waals surface area contributed by atoms with E-state index in [0.717, 1.165) is 16.8 Å². The van der Waals surface area contributed by atoms with E-state index in [0.29, 0.717) is 18.1 Å². The molecule has 0 saturated carbocycles. The second-order valence-corrected chi connectivity index (χ2v) is 7.18. The van der Waals surface area contributed by atoms with E-state index in [1.165, 1.54) is 4.57 Å². The van der Waals surface area contributed by atoms with Gasteiger partial charge in [0.05, 0.1) is 5.69 Å². The number of benzene rings is 1. The highest BCUT2D eigenvalue weighted by Crippen LogP contribution is 2.13. The highest BCUT2D eigenvalue weighted by Gasteiger charge is 2.15. The van der Waals surface area contributed by atoms with Gasteiger partial charge in [0.25, 0.3) is 5.56 Å². The maximum atomic E-state index is 12.8. The Hall–Kier alpha value is -3.39. The van der Waals surface area contributed by atoms with Gasteiger partial charge in [0.1, 0.15) is 12.4 Å². The molecule has 0 aliphatic rings. The van der Waals surface area contributed by atoms with Crippen molar-refractivity contribution in [3.63, 3.8) is 0 Å². The number of nitrogens with one attached hydrogen (secondary N) is 2. The average Bonchev–Trinajstić information content (AvgIpc) is 2.73. The number of carbonyl (C=O) groups is 1. The highest BCUT2D eigenvalue weighted by atomic mass is 35.5. The minimum atomic E-state index is -0.409. The second-order valence-electron chi connectivity index (χ2n) is 6.82. The number of halogens is 1. The fraction of sp³-hybridized carbons (Fsp3) is 0.238. The Labute approximate surface area is 179 Å². The summed E-state index contributed by atoms with van der Waals surface area (Å²) >= 11 is 6.20. The first-order valence-electron chi connectivity index (χ1n) is 9.38. The summed E-state index contributed by atoms with van der Waals surface area (Å²) in [5.74, 6) is 0.195. The van der Waals surface area contributed by atoms with Crippen molar-refractivity contribution in [1.29, 1.82) is 0 Å². The van der Waals surface area contributed by atoms with E-state index in [4.69, 9.17) is 17.3 Å². The number of nitrogens with two attached hydrogens (primary N) is 1. The molecular weight excluding hydrogens is 404 g/mol. The van der Waals surface area contributed by atoms with Gasteiger partial charge in [0.2, 0.25) is 5.91 Å². The van der Waals surface area contributed by atoms with E-state index in [9.17, 15) is 9.59 Å². The van der Waals surface area contributed by atoms with Crippen LogP contribution in [0.3, 0.4) is 0 Å². The van der Waals surface area contributed by atoms with Crippen LogP contribution in [0.25, 0.3) is 0 Å². The molecule has 0 atom stereocenters. The number of nitrogens with zero attached hydrogens (tertiary/aromatic N) is 3. The number of hydrogen-bond acceptors (Lipinski definition) is 6. The van der Waals surface area contributed by atoms with E-state index in [2.05, 4.69) is 20.6 Å². The predicted octanol–water partition coefficient (Wildman–Crippen LogP) is 2.42. The van der Waals surface area contributed by atoms with E-state index < -0.39 is 5.56 Å². The van der Waals surface area contributed by atoms with Crippen LogP contribution in [0.5, 0.6) is 0 Å². The number of amides is 1. The number of aromatic nitrogens is 3. The molecule has 4 N–H and O–H groups in total. The van der Waals surface area contributed by atoms with Gasteiger partial charge in [-0.25, -0.2) is 9.97 Å². The Balaban J connectivity index is 1.72. The third-order valence-electron chi connectivity index (χ3n) is 4.66. The van der Waals surface area contributed by atoms with Crippen LogP contribution in [-0.2, 0) is 24.4 Å². The summed E-state index contributed by atoms with van der Waals surface area (Å²) in [6.45, 7) is 4.00. The van der Waals surface area contributed by atoms with Crippen LogP contribution in [0, 0.1) is 13.8 Å². The Morgan fingerprint density at radius 3 is 2.53 bits per heavy atom. The van der Waals surface area contributed by atoms with Crippen molar-refractivity contribution in [2.45, 2.75) is 33.5 Å². The van der Waals surface area contributed by atoms with Crippen LogP contribution in [-0.4, -0.2) is 20.4 Å². The van der Waals surface area contributed by atoms with Gasteiger partial charge in [-0.2, -0.15) is 0 Å². The molecule has 1 aromatic carbocycles. The Bertz CT molecular complexity index is 1110. The van der Waals surface area contributed by atoms with Crippen molar-refractivity contribution >= 4 is 29.1 Å². The highest BCUT2D eigenvalue weighted by molar-refractivity contribution is 6.30. The first-order valence-corrected chi connectivity index (χ1v) is 9.76. The topological polar surface area (TPSA) is 115 Å². The third kappa shape index (κ3) is 5.15. The van der Waals surface area contributed by atoms with Crippen molar-refractivity contribution in [1.82, 2.24) is 19.9 Å². The summed E-state index contributed by atoms with van der Waals surface area (Å²) in [6.07, 6.45) is 0. The lowest BCUT2D eigenvalue weighted by Crippen LogP contribution is -2.35. The molecule has 9 heteroatoms. The largest absolute Gasteiger partial charge is 0.384 e. The van der Waals surface area contributed by atoms with Crippen molar-refractivity contribution in [2.75, 3.05) is 11.1 Å². The first kappa shape index (κ1) is 21.3. The minimum Gasteiger partial charge on any atom is -0.384 e. The maximum absolute atomic E-state index is 12.8. The van der Waals surface area contributed by atoms with Crippen molar-refractivity contribution in [3.8, 4) is 0 Å². The number of hydrogen-bond donors (Lipinski definition) is 3. The number of carbonyl (C=O) groups excluding carboxylic acids is 1. The van der Waals surface area contributed by atoms with E-state index in [1.807, 2.05) is 43.3 Å². The molecule has 0 fully saturated rings. The second kappa shape index (κ2) is 9.41. The molecule has 0 unspecified atom stereocenters. The summed E-state index contributed by atoms with van der Waals surface area (Å²) in [5, 5.41) is 5.96. The molecular formula is C21H23ClN6O2. The average molecular weight is 427 g/mol. The Morgan fingerprint density at radius 2 is 1.83 bits per heavy atom. The fourth-order valence-corrected chi connectivity index (χ4v) is 3.08. The van der Waals surface area contributed by atoms with Crippen LogP contribution in [0.4, 0.5) is 11.6 Å². The zero-order chi connectivity index (χ0) is 21.7. The molecule has 0 radical (unpaired) electrons. The van der Waals surface area contributed by atoms with Crippen molar-refractivity contribution < 1.29 is 4.79 Å². The normalized spacial score (nSPS) is 10.6. The molecule has 2 aromatic heterocycles. The lowest BCUT2D eigenvalue weighted by molar-refractivity contribution is -0.121. The smallest absolute Gasteiger partial charge is 0.294 e. The quantitative estimate of drug-likeness (QED) is 0.534. The zero-order valence-corrected chi connectivity index (χ0v) is 17.5. The number of aryl methyl sites for hydroxylation is 1. The summed E-state index contributed by atoms with van der Waals surface area (Å²) < 4.78 is 1.31. The molecule has 30 heavy (non-hydrogen) atoms. The molecule has 3 aromatic rings. The number of anilines is 2. The monoisotopic (exact) mass is 426 g/mol. The molecule has 8 nitrogen and oxygen atoms in total. The molecule has 3 rings (SSSR count). The van der Waals surface area contributed by atoms with Gasteiger partial charge in [0.15, 0.2) is 11.0 Å². The molecule has 0 aliphatic heterocycles. The van der Waals surface area contributed by atoms with Gasteiger partial charge < -0.3 is 16.4 Å². The van der Waals surface area contributed by atoms with Crippen LogP contribution >= 0.6 is 11.6 Å². The lowest BCUT2D eigenvalue weighted by Gasteiger charge is -2.14. The summed E-state index contributed by atoms with van der Waals surface area (Å²) in [5.41, 5.74) is 8.24. The molecule has 0 bridgehead atoms. The van der Waals surface area contributed by atoms with Crippen LogP contribution < -0.4 is 21.9 Å². The Morgan fingerprint density at radius 1 is 1.10 bits per heavy atom.